The summed E-state index contributed by atoms with van der Waals surface area (Å²) in [7, 11) is 2.69. The summed E-state index contributed by atoms with van der Waals surface area (Å²) in [6.45, 7) is 5.78. The van der Waals surface area contributed by atoms with Crippen molar-refractivity contribution in [1.82, 2.24) is 9.97 Å². The van der Waals surface area contributed by atoms with Gasteiger partial charge in [-0.05, 0) is 0 Å². The Balaban J connectivity index is 2.76. The average Bonchev–Trinajstić information content (AvgIpc) is 2.50. The van der Waals surface area contributed by atoms with Crippen molar-refractivity contribution in [2.75, 3.05) is 33.2 Å². The molecule has 0 atom stereocenters. The van der Waals surface area contributed by atoms with Gasteiger partial charge in [0.05, 0.1) is 19.1 Å². The Bertz CT molecular complexity index is 761. The van der Waals surface area contributed by atoms with Gasteiger partial charge in [-0.15, -0.1) is 0 Å². The Morgan fingerprint density at radius 1 is 1.00 bits per heavy atom. The van der Waals surface area contributed by atoms with Crippen molar-refractivity contribution in [2.45, 2.75) is 26.2 Å². The van der Waals surface area contributed by atoms with E-state index in [1.54, 1.807) is 0 Å². The minimum atomic E-state index is -0.862. The summed E-state index contributed by atoms with van der Waals surface area (Å²) in [5, 5.41) is -0.226. The molecule has 2 aromatic rings. The molecule has 0 aliphatic heterocycles. The van der Waals surface area contributed by atoms with Crippen LogP contribution in [0.4, 0.5) is 14.6 Å². The fourth-order valence-electron chi connectivity index (χ4n) is 2.15. The highest BCUT2D eigenvalue weighted by Crippen LogP contribution is 2.41. The molecule has 132 valence electrons. The van der Waals surface area contributed by atoms with E-state index in [4.69, 9.17) is 19.9 Å². The molecule has 2 N–H and O–H groups in total. The normalized spacial score (nSPS) is 11.8. The molecule has 0 radical (unpaired) electrons. The maximum Gasteiger partial charge on any atom is 0.202 e. The number of hydrogen-bond acceptors (Lipinski definition) is 6. The lowest BCUT2D eigenvalue weighted by Crippen LogP contribution is -2.18. The smallest absolute Gasteiger partial charge is 0.202 e. The number of rotatable bonds is 5. The van der Waals surface area contributed by atoms with Crippen LogP contribution in [0.25, 0.3) is 10.9 Å². The van der Waals surface area contributed by atoms with Crippen molar-refractivity contribution < 1.29 is 23.0 Å². The monoisotopic (exact) mass is 341 g/mol. The number of hydrogen-bond donors (Lipinski definition) is 1. The van der Waals surface area contributed by atoms with Crippen molar-refractivity contribution in [3.63, 3.8) is 0 Å². The average molecular weight is 341 g/mol. The van der Waals surface area contributed by atoms with E-state index in [9.17, 15) is 8.78 Å². The Hall–Kier alpha value is -2.22. The predicted octanol–water partition coefficient (Wildman–Crippen LogP) is 2.82. The van der Waals surface area contributed by atoms with E-state index in [1.165, 1.54) is 14.2 Å². The second-order valence-corrected chi connectivity index (χ2v) is 6.24. The molecule has 1 aromatic heterocycles. The van der Waals surface area contributed by atoms with Gasteiger partial charge in [-0.1, -0.05) is 20.8 Å². The summed E-state index contributed by atoms with van der Waals surface area (Å²) in [5.74, 6) is -2.30. The van der Waals surface area contributed by atoms with Gasteiger partial charge in [-0.2, -0.15) is 0 Å². The third kappa shape index (κ3) is 3.19. The van der Waals surface area contributed by atoms with E-state index in [0.29, 0.717) is 5.82 Å². The number of anilines is 1. The standard InChI is InChI=1S/C16H21F2N3O3/c1-16(2,3)15-20-11-8(14(19)21-15)9(17)12(23-5)13(10(11)18)24-7-6-22-4/h6-7H2,1-5H3,(H2,19,20,21). The molecule has 0 saturated carbocycles. The summed E-state index contributed by atoms with van der Waals surface area (Å²) in [6, 6.07) is 0. The topological polar surface area (TPSA) is 79.5 Å². The summed E-state index contributed by atoms with van der Waals surface area (Å²) < 4.78 is 44.8. The lowest BCUT2D eigenvalue weighted by Gasteiger charge is -2.19. The van der Waals surface area contributed by atoms with Crippen LogP contribution < -0.4 is 15.2 Å². The fraction of sp³-hybridized carbons (Fsp3) is 0.500. The van der Waals surface area contributed by atoms with Crippen LogP contribution in [0.3, 0.4) is 0 Å². The number of nitrogens with two attached hydrogens (primary N) is 1. The van der Waals surface area contributed by atoms with Gasteiger partial charge in [0.15, 0.2) is 11.6 Å². The number of halogens is 2. The first kappa shape index (κ1) is 18.1. The van der Waals surface area contributed by atoms with Crippen LogP contribution in [-0.2, 0) is 10.2 Å². The maximum absolute atomic E-state index is 14.9. The molecule has 8 heteroatoms. The van der Waals surface area contributed by atoms with Crippen LogP contribution in [0.15, 0.2) is 0 Å². The number of fused-ring (bicyclic) bond motifs is 1. The maximum atomic E-state index is 14.9. The minimum absolute atomic E-state index is 0.0292. The van der Waals surface area contributed by atoms with Gasteiger partial charge in [0, 0.05) is 12.5 Å². The van der Waals surface area contributed by atoms with Crippen LogP contribution in [-0.4, -0.2) is 37.4 Å². The SMILES string of the molecule is COCCOc1c(OC)c(F)c2c(N)nc(C(C)(C)C)nc2c1F. The third-order valence-corrected chi connectivity index (χ3v) is 3.38. The number of benzene rings is 1. The van der Waals surface area contributed by atoms with Gasteiger partial charge in [0.25, 0.3) is 0 Å². The minimum Gasteiger partial charge on any atom is -0.490 e. The van der Waals surface area contributed by atoms with E-state index < -0.39 is 17.0 Å². The molecule has 0 aliphatic rings. The largest absolute Gasteiger partial charge is 0.490 e. The summed E-state index contributed by atoms with van der Waals surface area (Å²) in [5.41, 5.74) is 5.12. The number of nitrogens with zero attached hydrogens (tertiary/aromatic N) is 2. The molecule has 0 saturated heterocycles. The molecular formula is C16H21F2N3O3. The molecule has 6 nitrogen and oxygen atoms in total. The number of methoxy groups -OCH3 is 2. The fourth-order valence-corrected chi connectivity index (χ4v) is 2.15. The number of nitrogen functional groups attached to an aromatic ring is 1. The molecule has 0 fully saturated rings. The summed E-state index contributed by atoms with van der Waals surface area (Å²) in [6.07, 6.45) is 0. The first-order valence-electron chi connectivity index (χ1n) is 7.36. The van der Waals surface area contributed by atoms with Gasteiger partial charge in [-0.25, -0.2) is 18.7 Å². The van der Waals surface area contributed by atoms with Crippen molar-refractivity contribution >= 4 is 16.7 Å². The van der Waals surface area contributed by atoms with Gasteiger partial charge in [0.2, 0.25) is 11.5 Å². The highest BCUT2D eigenvalue weighted by atomic mass is 19.1. The Labute approximate surface area is 138 Å². The van der Waals surface area contributed by atoms with Crippen LogP contribution >= 0.6 is 0 Å². The van der Waals surface area contributed by atoms with Gasteiger partial charge in [-0.3, -0.25) is 0 Å². The molecular weight excluding hydrogens is 320 g/mol. The van der Waals surface area contributed by atoms with E-state index in [0.717, 1.165) is 0 Å². The lowest BCUT2D eigenvalue weighted by molar-refractivity contribution is 0.141. The van der Waals surface area contributed by atoms with Gasteiger partial charge < -0.3 is 19.9 Å². The molecule has 0 amide bonds. The molecule has 0 unspecified atom stereocenters. The van der Waals surface area contributed by atoms with Crippen LogP contribution in [0.5, 0.6) is 11.5 Å². The lowest BCUT2D eigenvalue weighted by atomic mass is 9.95. The Morgan fingerprint density at radius 2 is 1.67 bits per heavy atom. The first-order valence-corrected chi connectivity index (χ1v) is 7.36. The molecule has 1 aromatic carbocycles. The number of aromatic nitrogens is 2. The zero-order valence-corrected chi connectivity index (χ0v) is 14.4. The van der Waals surface area contributed by atoms with Crippen molar-refractivity contribution in [3.05, 3.63) is 17.5 Å². The molecule has 24 heavy (non-hydrogen) atoms. The summed E-state index contributed by atoms with van der Waals surface area (Å²) in [4.78, 5) is 8.26. The number of ether oxygens (including phenoxy) is 3. The molecule has 0 spiro atoms. The highest BCUT2D eigenvalue weighted by Gasteiger charge is 2.28. The molecule has 0 aliphatic carbocycles. The zero-order valence-electron chi connectivity index (χ0n) is 14.4. The zero-order chi connectivity index (χ0) is 18.1. The van der Waals surface area contributed by atoms with Crippen LogP contribution in [0, 0.1) is 11.6 Å². The summed E-state index contributed by atoms with van der Waals surface area (Å²) >= 11 is 0. The van der Waals surface area contributed by atoms with E-state index in [-0.39, 0.29) is 41.4 Å². The van der Waals surface area contributed by atoms with Gasteiger partial charge in [0.1, 0.15) is 23.8 Å². The van der Waals surface area contributed by atoms with E-state index in [1.807, 2.05) is 20.8 Å². The predicted molar refractivity (Wildman–Crippen MR) is 86.5 cm³/mol. The molecule has 2 rings (SSSR count). The van der Waals surface area contributed by atoms with Crippen LogP contribution in [0.2, 0.25) is 0 Å². The second-order valence-electron chi connectivity index (χ2n) is 6.24. The van der Waals surface area contributed by atoms with E-state index in [2.05, 4.69) is 9.97 Å². The Kier molecular flexibility index (Phi) is 5.08. The Morgan fingerprint density at radius 3 is 2.21 bits per heavy atom. The second kappa shape index (κ2) is 6.72. The first-order chi connectivity index (χ1) is 11.2. The highest BCUT2D eigenvalue weighted by molar-refractivity contribution is 5.92. The van der Waals surface area contributed by atoms with E-state index >= 15 is 0 Å². The quantitative estimate of drug-likeness (QED) is 0.843. The third-order valence-electron chi connectivity index (χ3n) is 3.38. The van der Waals surface area contributed by atoms with Gasteiger partial charge >= 0.3 is 0 Å². The van der Waals surface area contributed by atoms with Crippen molar-refractivity contribution in [1.29, 1.82) is 0 Å². The molecule has 1 heterocycles. The van der Waals surface area contributed by atoms with Crippen molar-refractivity contribution in [3.8, 4) is 11.5 Å². The van der Waals surface area contributed by atoms with Crippen LogP contribution in [0.1, 0.15) is 26.6 Å². The van der Waals surface area contributed by atoms with Crippen molar-refractivity contribution in [2.24, 2.45) is 0 Å². The molecule has 0 bridgehead atoms.